The van der Waals surface area contributed by atoms with E-state index >= 15 is 0 Å². The quantitative estimate of drug-likeness (QED) is 0.671. The summed E-state index contributed by atoms with van der Waals surface area (Å²) >= 11 is 1.15. The predicted molar refractivity (Wildman–Crippen MR) is 86.1 cm³/mol. The summed E-state index contributed by atoms with van der Waals surface area (Å²) in [6.07, 6.45) is 0. The Labute approximate surface area is 135 Å². The number of carbonyl (C=O) groups excluding carboxylic acids is 1. The van der Waals surface area contributed by atoms with Gasteiger partial charge in [-0.3, -0.25) is 4.79 Å². The first-order valence-electron chi connectivity index (χ1n) is 6.97. The molecule has 3 N–H and O–H groups in total. The highest BCUT2D eigenvalue weighted by atomic mass is 32.2. The summed E-state index contributed by atoms with van der Waals surface area (Å²) in [5.74, 6) is -0.330. The molecule has 0 aliphatic rings. The SMILES string of the molecule is CCN(CC)S(=O)(=O)c1ccc(CNC(=O)C(N)COC)s1. The van der Waals surface area contributed by atoms with Crippen LogP contribution in [0.25, 0.3) is 0 Å². The Bertz CT molecular complexity index is 582. The monoisotopic (exact) mass is 349 g/mol. The zero-order valence-corrected chi connectivity index (χ0v) is 14.7. The average molecular weight is 349 g/mol. The molecular weight excluding hydrogens is 326 g/mol. The van der Waals surface area contributed by atoms with Crippen molar-refractivity contribution in [2.45, 2.75) is 30.6 Å². The molecular formula is C13H23N3O4S2. The molecule has 1 aromatic heterocycles. The molecule has 22 heavy (non-hydrogen) atoms. The third-order valence-corrected chi connectivity index (χ3v) is 6.66. The van der Waals surface area contributed by atoms with Gasteiger partial charge in [-0.25, -0.2) is 8.42 Å². The van der Waals surface area contributed by atoms with Gasteiger partial charge in [-0.2, -0.15) is 4.31 Å². The third kappa shape index (κ3) is 4.75. The van der Waals surface area contributed by atoms with Crippen LogP contribution in [0, 0.1) is 0 Å². The van der Waals surface area contributed by atoms with Crippen LogP contribution in [0.3, 0.4) is 0 Å². The Morgan fingerprint density at radius 2 is 2.05 bits per heavy atom. The maximum atomic E-state index is 12.4. The number of thiophene rings is 1. The fraction of sp³-hybridized carbons (Fsp3) is 0.615. The molecule has 0 bridgehead atoms. The maximum absolute atomic E-state index is 12.4. The topological polar surface area (TPSA) is 102 Å². The van der Waals surface area contributed by atoms with E-state index in [4.69, 9.17) is 10.5 Å². The normalized spacial score (nSPS) is 13.3. The van der Waals surface area contributed by atoms with Crippen LogP contribution in [0.1, 0.15) is 18.7 Å². The second-order valence-corrected chi connectivity index (χ2v) is 7.92. The van der Waals surface area contributed by atoms with Crippen molar-refractivity contribution in [3.63, 3.8) is 0 Å². The van der Waals surface area contributed by atoms with E-state index in [1.807, 2.05) is 0 Å². The Hall–Kier alpha value is -1.00. The van der Waals surface area contributed by atoms with Gasteiger partial charge < -0.3 is 15.8 Å². The number of nitrogens with one attached hydrogen (secondary N) is 1. The summed E-state index contributed by atoms with van der Waals surface area (Å²) in [7, 11) is -1.98. The van der Waals surface area contributed by atoms with Crippen molar-refractivity contribution in [3.8, 4) is 0 Å². The minimum Gasteiger partial charge on any atom is -0.383 e. The van der Waals surface area contributed by atoms with Gasteiger partial charge in [-0.1, -0.05) is 13.8 Å². The van der Waals surface area contributed by atoms with Crippen molar-refractivity contribution in [2.75, 3.05) is 26.8 Å². The number of nitrogens with two attached hydrogens (primary N) is 1. The lowest BCUT2D eigenvalue weighted by Crippen LogP contribution is -2.43. The molecule has 7 nitrogen and oxygen atoms in total. The van der Waals surface area contributed by atoms with Crippen molar-refractivity contribution in [2.24, 2.45) is 5.73 Å². The van der Waals surface area contributed by atoms with Crippen molar-refractivity contribution < 1.29 is 17.9 Å². The molecule has 0 fully saturated rings. The fourth-order valence-corrected chi connectivity index (χ4v) is 4.75. The van der Waals surface area contributed by atoms with Crippen LogP contribution >= 0.6 is 11.3 Å². The summed E-state index contributed by atoms with van der Waals surface area (Å²) in [5, 5.41) is 2.66. The zero-order chi connectivity index (χ0) is 16.8. The average Bonchev–Trinajstić information content (AvgIpc) is 2.95. The van der Waals surface area contributed by atoms with Gasteiger partial charge in [-0.15, -0.1) is 11.3 Å². The first kappa shape index (κ1) is 19.0. The van der Waals surface area contributed by atoms with Crippen LogP contribution in [-0.4, -0.2) is 51.5 Å². The van der Waals surface area contributed by atoms with Gasteiger partial charge in [0.05, 0.1) is 13.2 Å². The molecule has 1 amide bonds. The van der Waals surface area contributed by atoms with E-state index < -0.39 is 16.1 Å². The lowest BCUT2D eigenvalue weighted by Gasteiger charge is -2.16. The molecule has 126 valence electrons. The van der Waals surface area contributed by atoms with Crippen molar-refractivity contribution in [1.29, 1.82) is 0 Å². The van der Waals surface area contributed by atoms with Crippen molar-refractivity contribution in [1.82, 2.24) is 9.62 Å². The minimum atomic E-state index is -3.45. The first-order chi connectivity index (χ1) is 10.4. The zero-order valence-electron chi connectivity index (χ0n) is 13.0. The molecule has 1 heterocycles. The highest BCUT2D eigenvalue weighted by Crippen LogP contribution is 2.24. The number of ether oxygens (including phenoxy) is 1. The van der Waals surface area contributed by atoms with E-state index in [0.717, 1.165) is 16.2 Å². The van der Waals surface area contributed by atoms with Crippen LogP contribution in [-0.2, 0) is 26.1 Å². The molecule has 0 saturated heterocycles. The Balaban J connectivity index is 2.71. The lowest BCUT2D eigenvalue weighted by molar-refractivity contribution is -0.123. The number of hydrogen-bond donors (Lipinski definition) is 2. The number of sulfonamides is 1. The van der Waals surface area contributed by atoms with E-state index in [2.05, 4.69) is 5.32 Å². The Morgan fingerprint density at radius 1 is 1.41 bits per heavy atom. The summed E-state index contributed by atoms with van der Waals surface area (Å²) < 4.78 is 31.2. The van der Waals surface area contributed by atoms with Crippen LogP contribution in [0.4, 0.5) is 0 Å². The van der Waals surface area contributed by atoms with E-state index in [9.17, 15) is 13.2 Å². The number of nitrogens with zero attached hydrogens (tertiary/aromatic N) is 1. The maximum Gasteiger partial charge on any atom is 0.252 e. The molecule has 1 aromatic rings. The third-order valence-electron chi connectivity index (χ3n) is 3.06. The fourth-order valence-electron chi connectivity index (χ4n) is 1.84. The van der Waals surface area contributed by atoms with Gasteiger partial charge in [0.25, 0.3) is 10.0 Å². The number of carbonyl (C=O) groups is 1. The predicted octanol–water partition coefficient (Wildman–Crippen LogP) is 0.369. The van der Waals surface area contributed by atoms with E-state index in [1.165, 1.54) is 11.4 Å². The van der Waals surface area contributed by atoms with Gasteiger partial charge in [0, 0.05) is 25.1 Å². The summed E-state index contributed by atoms with van der Waals surface area (Å²) in [4.78, 5) is 12.4. The number of hydrogen-bond acceptors (Lipinski definition) is 6. The highest BCUT2D eigenvalue weighted by Gasteiger charge is 2.23. The summed E-state index contributed by atoms with van der Waals surface area (Å²) in [6.45, 7) is 4.83. The molecule has 1 unspecified atom stereocenters. The molecule has 1 rings (SSSR count). The van der Waals surface area contributed by atoms with Crippen molar-refractivity contribution in [3.05, 3.63) is 17.0 Å². The highest BCUT2D eigenvalue weighted by molar-refractivity contribution is 7.91. The Morgan fingerprint density at radius 3 is 2.59 bits per heavy atom. The molecule has 0 aliphatic carbocycles. The largest absolute Gasteiger partial charge is 0.383 e. The minimum absolute atomic E-state index is 0.137. The van der Waals surface area contributed by atoms with Crippen LogP contribution in [0.5, 0.6) is 0 Å². The van der Waals surface area contributed by atoms with Gasteiger partial charge in [-0.05, 0) is 12.1 Å². The van der Waals surface area contributed by atoms with Crippen LogP contribution in [0.2, 0.25) is 0 Å². The molecule has 9 heteroatoms. The van der Waals surface area contributed by atoms with E-state index in [1.54, 1.807) is 26.0 Å². The molecule has 0 aromatic carbocycles. The smallest absolute Gasteiger partial charge is 0.252 e. The van der Waals surface area contributed by atoms with Crippen LogP contribution in [0.15, 0.2) is 16.3 Å². The molecule has 1 atom stereocenters. The first-order valence-corrected chi connectivity index (χ1v) is 9.23. The van der Waals surface area contributed by atoms with Gasteiger partial charge >= 0.3 is 0 Å². The number of amides is 1. The molecule has 0 radical (unpaired) electrons. The molecule has 0 aliphatic heterocycles. The van der Waals surface area contributed by atoms with Crippen LogP contribution < -0.4 is 11.1 Å². The Kier molecular flexibility index (Phi) is 7.43. The molecule has 0 spiro atoms. The molecule has 0 saturated carbocycles. The number of methoxy groups -OCH3 is 1. The number of rotatable bonds is 9. The lowest BCUT2D eigenvalue weighted by atomic mass is 10.3. The second kappa shape index (κ2) is 8.59. The van der Waals surface area contributed by atoms with E-state index in [-0.39, 0.29) is 23.3 Å². The van der Waals surface area contributed by atoms with E-state index in [0.29, 0.717) is 13.1 Å². The summed E-state index contributed by atoms with van der Waals surface area (Å²) in [5.41, 5.74) is 5.61. The van der Waals surface area contributed by atoms with Gasteiger partial charge in [0.15, 0.2) is 0 Å². The van der Waals surface area contributed by atoms with Gasteiger partial charge in [0.2, 0.25) is 5.91 Å². The van der Waals surface area contributed by atoms with Gasteiger partial charge in [0.1, 0.15) is 10.3 Å². The second-order valence-electron chi connectivity index (χ2n) is 4.59. The standard InChI is InChI=1S/C13H23N3O4S2/c1-4-16(5-2)22(18,19)12-7-6-10(21-12)8-15-13(17)11(14)9-20-3/h6-7,11H,4-5,8-9,14H2,1-3H3,(H,15,17). The van der Waals surface area contributed by atoms with Crippen molar-refractivity contribution >= 4 is 27.3 Å². The summed E-state index contributed by atoms with van der Waals surface area (Å²) in [6, 6.07) is 2.53.